The number of nitrogens with one attached hydrogen (secondary N) is 1. The second kappa shape index (κ2) is 14.0. The summed E-state index contributed by atoms with van der Waals surface area (Å²) < 4.78 is 37.9. The maximum absolute atomic E-state index is 13.9. The zero-order valence-corrected chi connectivity index (χ0v) is 26.8. The van der Waals surface area contributed by atoms with Gasteiger partial charge in [0.15, 0.2) is 0 Å². The normalized spacial score (nSPS) is 14.8. The zero-order chi connectivity index (χ0) is 33.6. The summed E-state index contributed by atoms with van der Waals surface area (Å²) in [6, 6.07) is 13.6. The van der Waals surface area contributed by atoms with Crippen LogP contribution in [0.4, 0.5) is 9.59 Å². The van der Waals surface area contributed by atoms with E-state index < -0.39 is 51.8 Å². The fourth-order valence-corrected chi connectivity index (χ4v) is 5.83. The molecule has 1 saturated heterocycles. The molecule has 15 heteroatoms. The fourth-order valence-electron chi connectivity index (χ4n) is 4.67. The number of amides is 3. The van der Waals surface area contributed by atoms with E-state index >= 15 is 0 Å². The third-order valence-corrected chi connectivity index (χ3v) is 8.51. The summed E-state index contributed by atoms with van der Waals surface area (Å²) in [6.45, 7) is 6.91. The van der Waals surface area contributed by atoms with Crippen molar-refractivity contribution in [2.24, 2.45) is 0 Å². The Morgan fingerprint density at radius 1 is 0.978 bits per heavy atom. The molecule has 0 unspecified atom stereocenters. The molecule has 0 saturated carbocycles. The van der Waals surface area contributed by atoms with Gasteiger partial charge in [-0.1, -0.05) is 48.0 Å². The second-order valence-corrected chi connectivity index (χ2v) is 13.6. The average molecular weight is 656 g/mol. The van der Waals surface area contributed by atoms with Gasteiger partial charge in [0, 0.05) is 32.1 Å². The summed E-state index contributed by atoms with van der Waals surface area (Å²) in [5.74, 6) is -2.08. The van der Waals surface area contributed by atoms with Crippen molar-refractivity contribution in [1.82, 2.24) is 24.3 Å². The Balaban J connectivity index is 1.54. The highest BCUT2D eigenvalue weighted by atomic mass is 32.2. The number of hydrogen-bond donors (Lipinski definition) is 2. The number of rotatable bonds is 10. The molecule has 0 radical (unpaired) electrons. The number of benzene rings is 2. The number of nitrogens with zero attached hydrogens (tertiary/aromatic N) is 4. The first kappa shape index (κ1) is 34.0. The minimum atomic E-state index is -3.99. The van der Waals surface area contributed by atoms with E-state index in [-0.39, 0.29) is 36.5 Å². The van der Waals surface area contributed by atoms with Gasteiger partial charge in [0.05, 0.1) is 10.6 Å². The minimum Gasteiger partial charge on any atom is -0.478 e. The molecule has 0 spiro atoms. The maximum atomic E-state index is 13.9. The largest absolute Gasteiger partial charge is 0.478 e. The number of aliphatic carboxylic acids is 1. The number of carboxylic acids is 1. The van der Waals surface area contributed by atoms with Crippen LogP contribution >= 0.6 is 0 Å². The van der Waals surface area contributed by atoms with Gasteiger partial charge in [0.2, 0.25) is 6.10 Å². The highest BCUT2D eigenvalue weighted by Crippen LogP contribution is 2.19. The van der Waals surface area contributed by atoms with Crippen molar-refractivity contribution >= 4 is 34.1 Å². The lowest BCUT2D eigenvalue weighted by molar-refractivity contribution is -0.150. The third kappa shape index (κ3) is 8.62. The smallest absolute Gasteiger partial charge is 0.429 e. The van der Waals surface area contributed by atoms with Gasteiger partial charge in [-0.2, -0.15) is 0 Å². The molecule has 1 aliphatic heterocycles. The van der Waals surface area contributed by atoms with Gasteiger partial charge in [0.25, 0.3) is 15.9 Å². The Kier molecular flexibility index (Phi) is 10.4. The standard InChI is InChI=1S/C31H37N5O9S/c1-21-11-13-24(14-12-21)46(42,43)34-19-23(32-20-34)18-25(33-29(40)45-31(2,3)4)27(37)35-15-8-16-36(35)30(41)44-26(28(38)39)17-22-9-6-5-7-10-22/h5-7,9-14,19-20,25-26H,8,15-18H2,1-4H3,(H,33,40)(H,38,39)/t25-,26-/m0/s1. The van der Waals surface area contributed by atoms with Crippen molar-refractivity contribution in [3.05, 3.63) is 83.9 Å². The lowest BCUT2D eigenvalue weighted by Gasteiger charge is -2.31. The highest BCUT2D eigenvalue weighted by Gasteiger charge is 2.39. The molecule has 46 heavy (non-hydrogen) atoms. The molecule has 0 aliphatic carbocycles. The van der Waals surface area contributed by atoms with Crippen molar-refractivity contribution in [2.75, 3.05) is 13.1 Å². The number of hydrogen-bond acceptors (Lipinski definition) is 9. The van der Waals surface area contributed by atoms with Crippen molar-refractivity contribution in [3.63, 3.8) is 0 Å². The number of hydrazine groups is 1. The zero-order valence-electron chi connectivity index (χ0n) is 26.0. The van der Waals surface area contributed by atoms with Gasteiger partial charge in [-0.05, 0) is 51.8 Å². The van der Waals surface area contributed by atoms with Crippen LogP contribution in [0.3, 0.4) is 0 Å². The van der Waals surface area contributed by atoms with Crippen LogP contribution in [-0.2, 0) is 41.9 Å². The molecule has 2 atom stereocenters. The Bertz CT molecular complexity index is 1670. The van der Waals surface area contributed by atoms with E-state index in [0.717, 1.165) is 25.9 Å². The van der Waals surface area contributed by atoms with E-state index in [0.29, 0.717) is 12.0 Å². The van der Waals surface area contributed by atoms with Gasteiger partial charge in [0.1, 0.15) is 18.0 Å². The molecule has 1 aliphatic rings. The first-order chi connectivity index (χ1) is 21.6. The van der Waals surface area contributed by atoms with Crippen LogP contribution in [0.15, 0.2) is 72.0 Å². The van der Waals surface area contributed by atoms with E-state index in [9.17, 15) is 32.7 Å². The molecule has 2 aromatic carbocycles. The van der Waals surface area contributed by atoms with Crippen molar-refractivity contribution in [2.45, 2.75) is 69.6 Å². The Hall–Kier alpha value is -4.92. The van der Waals surface area contributed by atoms with Crippen LogP contribution in [-0.4, -0.2) is 87.4 Å². The fraction of sp³-hybridized carbons (Fsp3) is 0.387. The summed E-state index contributed by atoms with van der Waals surface area (Å²) >= 11 is 0. The second-order valence-electron chi connectivity index (χ2n) is 11.8. The number of carboxylic acid groups (broad SMARTS) is 1. The average Bonchev–Trinajstić information content (AvgIpc) is 3.67. The molecule has 246 valence electrons. The summed E-state index contributed by atoms with van der Waals surface area (Å²) in [7, 11) is -3.99. The molecule has 3 amide bonds. The quantitative estimate of drug-likeness (QED) is 0.330. The number of carbonyl (C=O) groups is 4. The summed E-state index contributed by atoms with van der Waals surface area (Å²) in [5, 5.41) is 14.3. The monoisotopic (exact) mass is 655 g/mol. The number of imidazole rings is 1. The Morgan fingerprint density at radius 2 is 1.63 bits per heavy atom. The summed E-state index contributed by atoms with van der Waals surface area (Å²) in [4.78, 5) is 55.9. The van der Waals surface area contributed by atoms with Crippen LogP contribution in [0.25, 0.3) is 0 Å². The SMILES string of the molecule is Cc1ccc(S(=O)(=O)n2cnc(C[C@H](NC(=O)OC(C)(C)C)C(=O)N3CCCN3C(=O)O[C@@H](Cc3ccccc3)C(=O)O)c2)cc1. The van der Waals surface area contributed by atoms with Crippen LogP contribution in [0.1, 0.15) is 44.0 Å². The third-order valence-electron chi connectivity index (χ3n) is 6.89. The molecule has 14 nitrogen and oxygen atoms in total. The molecule has 1 fully saturated rings. The van der Waals surface area contributed by atoms with Crippen LogP contribution in [0.5, 0.6) is 0 Å². The maximum Gasteiger partial charge on any atom is 0.429 e. The van der Waals surface area contributed by atoms with E-state index in [1.807, 2.05) is 6.92 Å². The molecule has 2 N–H and O–H groups in total. The Labute approximate surface area is 266 Å². The first-order valence-electron chi connectivity index (χ1n) is 14.5. The lowest BCUT2D eigenvalue weighted by Crippen LogP contribution is -2.55. The lowest BCUT2D eigenvalue weighted by atomic mass is 10.1. The predicted octanol–water partition coefficient (Wildman–Crippen LogP) is 3.15. The van der Waals surface area contributed by atoms with Gasteiger partial charge in [-0.25, -0.2) is 41.8 Å². The molecule has 2 heterocycles. The molecular formula is C31H37N5O9S. The van der Waals surface area contributed by atoms with Crippen LogP contribution in [0, 0.1) is 6.92 Å². The Morgan fingerprint density at radius 3 is 2.26 bits per heavy atom. The van der Waals surface area contributed by atoms with Crippen LogP contribution < -0.4 is 5.32 Å². The van der Waals surface area contributed by atoms with Crippen molar-refractivity contribution in [1.29, 1.82) is 0 Å². The van der Waals surface area contributed by atoms with Crippen LogP contribution in [0.2, 0.25) is 0 Å². The number of alkyl carbamates (subject to hydrolysis) is 1. The highest BCUT2D eigenvalue weighted by molar-refractivity contribution is 7.90. The summed E-state index contributed by atoms with van der Waals surface area (Å²) in [6.07, 6.45) is -1.11. The predicted molar refractivity (Wildman–Crippen MR) is 164 cm³/mol. The summed E-state index contributed by atoms with van der Waals surface area (Å²) in [5.41, 5.74) is 0.791. The first-order valence-corrected chi connectivity index (χ1v) is 16.0. The van der Waals surface area contributed by atoms with Gasteiger partial charge < -0.3 is 19.9 Å². The van der Waals surface area contributed by atoms with Crippen molar-refractivity contribution in [3.8, 4) is 0 Å². The molecule has 3 aromatic rings. The van der Waals surface area contributed by atoms with E-state index in [1.165, 1.54) is 18.3 Å². The minimum absolute atomic E-state index is 0.0414. The molecule has 0 bridgehead atoms. The van der Waals surface area contributed by atoms with Crippen molar-refractivity contribution < 1.29 is 42.2 Å². The topological polar surface area (TPSA) is 177 Å². The molecule has 1 aromatic heterocycles. The van der Waals surface area contributed by atoms with Gasteiger partial charge >= 0.3 is 18.2 Å². The number of carbonyl (C=O) groups excluding carboxylic acids is 3. The molecular weight excluding hydrogens is 618 g/mol. The van der Waals surface area contributed by atoms with E-state index in [4.69, 9.17) is 9.47 Å². The number of aromatic nitrogens is 2. The number of ether oxygens (including phenoxy) is 2. The van der Waals surface area contributed by atoms with Gasteiger partial charge in [-0.3, -0.25) is 4.79 Å². The molecule has 4 rings (SSSR count). The van der Waals surface area contributed by atoms with Gasteiger partial charge in [-0.15, -0.1) is 0 Å². The van der Waals surface area contributed by atoms with E-state index in [1.54, 1.807) is 63.2 Å². The number of aryl methyl sites for hydroxylation is 1. The van der Waals surface area contributed by atoms with E-state index in [2.05, 4.69) is 10.3 Å².